The Morgan fingerprint density at radius 3 is 1.88 bits per heavy atom. The van der Waals surface area contributed by atoms with Gasteiger partial charge < -0.3 is 5.11 Å². The summed E-state index contributed by atoms with van der Waals surface area (Å²) >= 11 is 0. The van der Waals surface area contributed by atoms with Crippen molar-refractivity contribution in [1.82, 2.24) is 0 Å². The molecule has 0 unspecified atom stereocenters. The molecule has 0 fully saturated rings. The number of unbranched alkanes of at least 4 members (excludes halogenated alkanes) is 1. The molecule has 0 saturated heterocycles. The summed E-state index contributed by atoms with van der Waals surface area (Å²) in [5.74, 6) is 0. The molecule has 0 atom stereocenters. The average molecular weight is 116 g/mol. The van der Waals surface area contributed by atoms with E-state index in [-0.39, 0.29) is 0 Å². The van der Waals surface area contributed by atoms with Gasteiger partial charge in [0.1, 0.15) is 0 Å². The van der Waals surface area contributed by atoms with Crippen LogP contribution in [0, 0.1) is 10.8 Å². The second-order valence-corrected chi connectivity index (χ2v) is 1.20. The van der Waals surface area contributed by atoms with Crippen molar-refractivity contribution in [2.45, 2.75) is 19.8 Å². The van der Waals surface area contributed by atoms with Crippen LogP contribution in [-0.2, 0) is 0 Å². The topological polar surface area (TPSA) is 67.9 Å². The SMILES string of the molecule is CCCCO.N=C=N. The first-order valence-corrected chi connectivity index (χ1v) is 2.52. The minimum Gasteiger partial charge on any atom is -0.396 e. The van der Waals surface area contributed by atoms with E-state index in [1.165, 1.54) is 6.01 Å². The van der Waals surface area contributed by atoms with Crippen molar-refractivity contribution < 1.29 is 5.11 Å². The summed E-state index contributed by atoms with van der Waals surface area (Å²) in [7, 11) is 0. The average Bonchev–Trinajstić information content (AvgIpc) is 1.71. The molecule has 0 aromatic heterocycles. The van der Waals surface area contributed by atoms with Gasteiger partial charge in [-0.2, -0.15) is 0 Å². The second-order valence-electron chi connectivity index (χ2n) is 1.20. The van der Waals surface area contributed by atoms with E-state index >= 15 is 0 Å². The normalized spacial score (nSPS) is 6.25. The highest BCUT2D eigenvalue weighted by Crippen LogP contribution is 1.78. The van der Waals surface area contributed by atoms with E-state index in [1.54, 1.807) is 0 Å². The van der Waals surface area contributed by atoms with Crippen LogP contribution in [0.1, 0.15) is 19.8 Å². The standard InChI is InChI=1S/C4H10O.CH2N2/c1-2-3-4-5;2-1-3/h5H,2-4H2,1H3;2-3H. The molecule has 3 nitrogen and oxygen atoms in total. The molecule has 8 heavy (non-hydrogen) atoms. The monoisotopic (exact) mass is 116 g/mol. The van der Waals surface area contributed by atoms with E-state index in [0.29, 0.717) is 6.61 Å². The number of hydrogen-bond donors (Lipinski definition) is 3. The van der Waals surface area contributed by atoms with Crippen molar-refractivity contribution in [3.05, 3.63) is 0 Å². The Balaban J connectivity index is 0. The molecule has 0 saturated carbocycles. The summed E-state index contributed by atoms with van der Waals surface area (Å²) in [6, 6.07) is 1.25. The highest BCUT2D eigenvalue weighted by molar-refractivity contribution is 5.29. The van der Waals surface area contributed by atoms with E-state index in [4.69, 9.17) is 15.9 Å². The van der Waals surface area contributed by atoms with Gasteiger partial charge in [0, 0.05) is 6.61 Å². The fourth-order valence-corrected chi connectivity index (χ4v) is 0.158. The van der Waals surface area contributed by atoms with Gasteiger partial charge in [0.05, 0.1) is 6.01 Å². The quantitative estimate of drug-likeness (QED) is 0.464. The fraction of sp³-hybridized carbons (Fsp3) is 0.800. The summed E-state index contributed by atoms with van der Waals surface area (Å²) in [6.07, 6.45) is 2.04. The summed E-state index contributed by atoms with van der Waals surface area (Å²) in [5.41, 5.74) is 0. The molecule has 3 N–H and O–H groups in total. The van der Waals surface area contributed by atoms with Gasteiger partial charge in [-0.25, -0.2) is 10.8 Å². The largest absolute Gasteiger partial charge is 0.396 e. The lowest BCUT2D eigenvalue weighted by Crippen LogP contribution is -1.75. The Bertz CT molecular complexity index is 55.4. The zero-order valence-corrected chi connectivity index (χ0v) is 5.07. The lowest BCUT2D eigenvalue weighted by Gasteiger charge is -1.79. The highest BCUT2D eigenvalue weighted by Gasteiger charge is 1.69. The molecular formula is C5H12N2O. The number of nitrogens with one attached hydrogen (secondary N) is 2. The Kier molecular flexibility index (Phi) is 21.0. The van der Waals surface area contributed by atoms with Crippen molar-refractivity contribution in [1.29, 1.82) is 10.8 Å². The molecule has 0 aromatic rings. The minimum absolute atomic E-state index is 0.344. The van der Waals surface area contributed by atoms with Gasteiger partial charge in [-0.1, -0.05) is 13.3 Å². The summed E-state index contributed by atoms with van der Waals surface area (Å²) < 4.78 is 0. The fourth-order valence-electron chi connectivity index (χ4n) is 0.158. The van der Waals surface area contributed by atoms with Crippen LogP contribution in [0.25, 0.3) is 0 Å². The molecular weight excluding hydrogens is 104 g/mol. The predicted octanol–water partition coefficient (Wildman–Crippen LogP) is 1.10. The first-order valence-electron chi connectivity index (χ1n) is 2.52. The molecule has 0 aromatic carbocycles. The van der Waals surface area contributed by atoms with Gasteiger partial charge >= 0.3 is 0 Å². The smallest absolute Gasteiger partial charge is 0.0831 e. The van der Waals surface area contributed by atoms with E-state index in [9.17, 15) is 0 Å². The molecule has 0 aliphatic carbocycles. The van der Waals surface area contributed by atoms with E-state index < -0.39 is 0 Å². The van der Waals surface area contributed by atoms with Crippen molar-refractivity contribution in [2.24, 2.45) is 0 Å². The molecule has 0 heterocycles. The van der Waals surface area contributed by atoms with Gasteiger partial charge in [-0.3, -0.25) is 0 Å². The molecule has 0 spiro atoms. The van der Waals surface area contributed by atoms with E-state index in [1.807, 2.05) is 0 Å². The lowest BCUT2D eigenvalue weighted by atomic mass is 10.4. The number of hydrogen-bond acceptors (Lipinski definition) is 3. The van der Waals surface area contributed by atoms with Crippen LogP contribution >= 0.6 is 0 Å². The molecule has 48 valence electrons. The summed E-state index contributed by atoms with van der Waals surface area (Å²) in [4.78, 5) is 0. The molecule has 0 aliphatic heterocycles. The van der Waals surface area contributed by atoms with Crippen LogP contribution in [-0.4, -0.2) is 17.7 Å². The Hall–Kier alpha value is -0.660. The second kappa shape index (κ2) is 16.2. The van der Waals surface area contributed by atoms with Gasteiger partial charge in [0.15, 0.2) is 0 Å². The third kappa shape index (κ3) is 56.0. The molecule has 0 rings (SSSR count). The van der Waals surface area contributed by atoms with Crippen LogP contribution < -0.4 is 0 Å². The Labute approximate surface area is 49.4 Å². The number of aliphatic hydroxyl groups is 1. The Morgan fingerprint density at radius 2 is 1.88 bits per heavy atom. The molecule has 0 bridgehead atoms. The minimum atomic E-state index is 0.344. The lowest BCUT2D eigenvalue weighted by molar-refractivity contribution is 0.287. The molecule has 0 amide bonds. The van der Waals surface area contributed by atoms with Crippen LogP contribution in [0.15, 0.2) is 0 Å². The van der Waals surface area contributed by atoms with Crippen molar-refractivity contribution >= 4 is 6.01 Å². The Morgan fingerprint density at radius 1 is 1.50 bits per heavy atom. The maximum atomic E-state index is 8.07. The zero-order chi connectivity index (χ0) is 6.83. The zero-order valence-electron chi connectivity index (χ0n) is 5.07. The van der Waals surface area contributed by atoms with Crippen LogP contribution in [0.2, 0.25) is 0 Å². The first kappa shape index (κ1) is 10.3. The van der Waals surface area contributed by atoms with Crippen molar-refractivity contribution in [3.63, 3.8) is 0 Å². The number of rotatable bonds is 2. The predicted molar refractivity (Wildman–Crippen MR) is 32.4 cm³/mol. The van der Waals surface area contributed by atoms with Gasteiger partial charge in [0.25, 0.3) is 0 Å². The van der Waals surface area contributed by atoms with E-state index in [0.717, 1.165) is 12.8 Å². The third-order valence-corrected chi connectivity index (χ3v) is 0.512. The van der Waals surface area contributed by atoms with Gasteiger partial charge in [-0.15, -0.1) is 0 Å². The van der Waals surface area contributed by atoms with Crippen LogP contribution in [0.5, 0.6) is 0 Å². The molecule has 0 aliphatic rings. The van der Waals surface area contributed by atoms with Gasteiger partial charge in [0.2, 0.25) is 0 Å². The first-order chi connectivity index (χ1) is 3.83. The maximum Gasteiger partial charge on any atom is 0.0831 e. The summed E-state index contributed by atoms with van der Waals surface area (Å²) in [5, 5.41) is 19.3. The van der Waals surface area contributed by atoms with Crippen molar-refractivity contribution in [2.75, 3.05) is 6.61 Å². The van der Waals surface area contributed by atoms with Gasteiger partial charge in [-0.05, 0) is 6.42 Å². The highest BCUT2D eigenvalue weighted by atomic mass is 16.2. The maximum absolute atomic E-state index is 8.07. The van der Waals surface area contributed by atoms with Crippen LogP contribution in [0.4, 0.5) is 0 Å². The third-order valence-electron chi connectivity index (χ3n) is 0.512. The van der Waals surface area contributed by atoms with Crippen molar-refractivity contribution in [3.8, 4) is 0 Å². The molecule has 3 heteroatoms. The molecule has 0 radical (unpaired) electrons. The van der Waals surface area contributed by atoms with Crippen LogP contribution in [0.3, 0.4) is 0 Å². The van der Waals surface area contributed by atoms with E-state index in [2.05, 4.69) is 6.92 Å². The summed E-state index contributed by atoms with van der Waals surface area (Å²) in [6.45, 7) is 2.40. The number of aliphatic hydroxyl groups excluding tert-OH is 1.